The molecule has 27 heavy (non-hydrogen) atoms. The second kappa shape index (κ2) is 6.28. The van der Waals surface area contributed by atoms with Crippen LogP contribution in [0, 0.1) is 6.92 Å². The lowest BCUT2D eigenvalue weighted by Gasteiger charge is -2.11. The molecule has 0 radical (unpaired) electrons. The van der Waals surface area contributed by atoms with Gasteiger partial charge in [0.15, 0.2) is 0 Å². The van der Waals surface area contributed by atoms with Crippen molar-refractivity contribution in [3.63, 3.8) is 0 Å². The second-order valence-electron chi connectivity index (χ2n) is 6.50. The minimum absolute atomic E-state index is 0.258. The zero-order valence-electron chi connectivity index (χ0n) is 15.1. The maximum Gasteiger partial charge on any atom is 0.235 e. The molecule has 0 aliphatic heterocycles. The first-order chi connectivity index (χ1) is 13.3. The van der Waals surface area contributed by atoms with Crippen molar-refractivity contribution >= 4 is 21.9 Å². The van der Waals surface area contributed by atoms with E-state index in [1.165, 1.54) is 5.56 Å². The molecule has 134 valence electrons. The average molecular weight is 374 g/mol. The van der Waals surface area contributed by atoms with Crippen LogP contribution in [0.5, 0.6) is 0 Å². The van der Waals surface area contributed by atoms with Crippen LogP contribution in [0.1, 0.15) is 35.5 Å². The van der Waals surface area contributed by atoms with E-state index in [1.54, 1.807) is 11.3 Å². The van der Waals surface area contributed by atoms with Gasteiger partial charge in [-0.1, -0.05) is 54.7 Å². The SMILES string of the molecule is CC[C@@H](c1ccccc1)c1nn2c(-c3c(C)nc4ccccn34)nnc2s1. The van der Waals surface area contributed by atoms with Crippen molar-refractivity contribution in [3.8, 4) is 11.5 Å². The first kappa shape index (κ1) is 16.1. The van der Waals surface area contributed by atoms with Crippen molar-refractivity contribution in [1.82, 2.24) is 29.2 Å². The van der Waals surface area contributed by atoms with Crippen molar-refractivity contribution in [3.05, 3.63) is 71.0 Å². The Balaban J connectivity index is 1.67. The summed E-state index contributed by atoms with van der Waals surface area (Å²) in [7, 11) is 0. The predicted octanol–water partition coefficient (Wildman–Crippen LogP) is 4.35. The summed E-state index contributed by atoms with van der Waals surface area (Å²) < 4.78 is 3.90. The molecule has 0 unspecified atom stereocenters. The van der Waals surface area contributed by atoms with E-state index in [0.717, 1.165) is 39.2 Å². The summed E-state index contributed by atoms with van der Waals surface area (Å²) in [6.07, 6.45) is 2.98. The molecule has 0 saturated heterocycles. The third-order valence-electron chi connectivity index (χ3n) is 4.83. The van der Waals surface area contributed by atoms with Gasteiger partial charge in [0, 0.05) is 12.1 Å². The van der Waals surface area contributed by atoms with Gasteiger partial charge in [-0.15, -0.1) is 10.2 Å². The lowest BCUT2D eigenvalue weighted by atomic mass is 9.97. The van der Waals surface area contributed by atoms with E-state index in [9.17, 15) is 0 Å². The zero-order chi connectivity index (χ0) is 18.4. The Kier molecular flexibility index (Phi) is 3.75. The molecule has 4 aromatic heterocycles. The molecule has 0 bridgehead atoms. The van der Waals surface area contributed by atoms with E-state index in [4.69, 9.17) is 5.10 Å². The number of benzene rings is 1. The number of hydrogen-bond donors (Lipinski definition) is 0. The molecule has 7 heteroatoms. The first-order valence-electron chi connectivity index (χ1n) is 8.97. The molecule has 0 N–H and O–H groups in total. The van der Waals surface area contributed by atoms with Crippen LogP contribution in [-0.4, -0.2) is 29.2 Å². The minimum atomic E-state index is 0.258. The molecule has 0 spiro atoms. The number of aryl methyl sites for hydroxylation is 1. The third-order valence-corrected chi connectivity index (χ3v) is 5.84. The van der Waals surface area contributed by atoms with Gasteiger partial charge in [0.1, 0.15) is 16.3 Å². The Hall–Kier alpha value is -3.06. The number of hydrogen-bond acceptors (Lipinski definition) is 5. The highest BCUT2D eigenvalue weighted by Gasteiger charge is 2.22. The molecule has 0 aliphatic rings. The van der Waals surface area contributed by atoms with Gasteiger partial charge >= 0.3 is 0 Å². The molecule has 0 amide bonds. The summed E-state index contributed by atoms with van der Waals surface area (Å²) in [6, 6.07) is 16.5. The third kappa shape index (κ3) is 2.54. The smallest absolute Gasteiger partial charge is 0.235 e. The van der Waals surface area contributed by atoms with Crippen LogP contribution in [0.2, 0.25) is 0 Å². The van der Waals surface area contributed by atoms with E-state index in [0.29, 0.717) is 0 Å². The van der Waals surface area contributed by atoms with E-state index in [1.807, 2.05) is 46.3 Å². The summed E-state index contributed by atoms with van der Waals surface area (Å²) in [4.78, 5) is 5.44. The van der Waals surface area contributed by atoms with Crippen LogP contribution >= 0.6 is 11.3 Å². The lowest BCUT2D eigenvalue weighted by Crippen LogP contribution is -2.01. The molecule has 1 aromatic carbocycles. The van der Waals surface area contributed by atoms with Crippen molar-refractivity contribution in [2.45, 2.75) is 26.2 Å². The standard InChI is InChI=1S/C20H18N6S/c1-3-15(14-9-5-4-6-10-14)19-24-26-18(22-23-20(26)27-19)17-13(2)21-16-11-7-8-12-25(16)17/h4-12,15H,3H2,1-2H3/t15-/m0/s1. The van der Waals surface area contributed by atoms with Crippen LogP contribution in [-0.2, 0) is 0 Å². The number of fused-ring (bicyclic) bond motifs is 2. The fourth-order valence-electron chi connectivity index (χ4n) is 3.54. The topological polar surface area (TPSA) is 60.4 Å². The van der Waals surface area contributed by atoms with Gasteiger partial charge < -0.3 is 0 Å². The number of nitrogens with zero attached hydrogens (tertiary/aromatic N) is 6. The number of aromatic nitrogens is 6. The van der Waals surface area contributed by atoms with Gasteiger partial charge in [-0.3, -0.25) is 4.40 Å². The highest BCUT2D eigenvalue weighted by Crippen LogP contribution is 2.32. The van der Waals surface area contributed by atoms with Crippen LogP contribution in [0.25, 0.3) is 22.1 Å². The lowest BCUT2D eigenvalue weighted by molar-refractivity contribution is 0.743. The van der Waals surface area contributed by atoms with E-state index in [2.05, 4.69) is 46.4 Å². The van der Waals surface area contributed by atoms with Crippen molar-refractivity contribution in [2.75, 3.05) is 0 Å². The molecule has 5 aromatic rings. The summed E-state index contributed by atoms with van der Waals surface area (Å²) in [5, 5.41) is 14.7. The molecule has 1 atom stereocenters. The summed E-state index contributed by atoms with van der Waals surface area (Å²) in [5.41, 5.74) is 4.02. The molecule has 4 heterocycles. The van der Waals surface area contributed by atoms with Crippen LogP contribution in [0.4, 0.5) is 0 Å². The minimum Gasteiger partial charge on any atom is -0.297 e. The van der Waals surface area contributed by atoms with Gasteiger partial charge in [0.05, 0.1) is 5.69 Å². The number of pyridine rings is 1. The fourth-order valence-corrected chi connectivity index (χ4v) is 4.59. The van der Waals surface area contributed by atoms with Gasteiger partial charge in [0.2, 0.25) is 10.8 Å². The average Bonchev–Trinajstić information content (AvgIpc) is 3.35. The van der Waals surface area contributed by atoms with Crippen molar-refractivity contribution in [2.24, 2.45) is 0 Å². The number of rotatable bonds is 4. The normalized spacial score (nSPS) is 12.8. The van der Waals surface area contributed by atoms with Crippen LogP contribution < -0.4 is 0 Å². The Morgan fingerprint density at radius 3 is 2.67 bits per heavy atom. The maximum atomic E-state index is 4.89. The molecule has 0 aliphatic carbocycles. The monoisotopic (exact) mass is 374 g/mol. The van der Waals surface area contributed by atoms with Crippen LogP contribution in [0.3, 0.4) is 0 Å². The Morgan fingerprint density at radius 1 is 1.04 bits per heavy atom. The summed E-state index contributed by atoms with van der Waals surface area (Å²) in [6.45, 7) is 4.19. The molecule has 0 saturated carbocycles. The Labute approximate surface area is 160 Å². The highest BCUT2D eigenvalue weighted by atomic mass is 32.1. The molecule has 0 fully saturated rings. The zero-order valence-corrected chi connectivity index (χ0v) is 15.9. The van der Waals surface area contributed by atoms with Crippen LogP contribution in [0.15, 0.2) is 54.7 Å². The highest BCUT2D eigenvalue weighted by molar-refractivity contribution is 7.16. The van der Waals surface area contributed by atoms with Crippen molar-refractivity contribution in [1.29, 1.82) is 0 Å². The molecule has 5 rings (SSSR count). The van der Waals surface area contributed by atoms with Gasteiger partial charge in [-0.2, -0.15) is 9.61 Å². The predicted molar refractivity (Wildman–Crippen MR) is 106 cm³/mol. The summed E-state index contributed by atoms with van der Waals surface area (Å²) in [5.74, 6) is 0.987. The second-order valence-corrected chi connectivity index (χ2v) is 7.49. The van der Waals surface area contributed by atoms with Gasteiger partial charge in [-0.25, -0.2) is 4.98 Å². The largest absolute Gasteiger partial charge is 0.297 e. The number of imidazole rings is 1. The fraction of sp³-hybridized carbons (Fsp3) is 0.200. The first-order valence-corrected chi connectivity index (χ1v) is 9.79. The van der Waals surface area contributed by atoms with E-state index in [-0.39, 0.29) is 5.92 Å². The quantitative estimate of drug-likeness (QED) is 0.469. The van der Waals surface area contributed by atoms with Gasteiger partial charge in [-0.05, 0) is 31.0 Å². The maximum absolute atomic E-state index is 4.89. The molecule has 6 nitrogen and oxygen atoms in total. The Bertz CT molecular complexity index is 1230. The van der Waals surface area contributed by atoms with E-state index >= 15 is 0 Å². The van der Waals surface area contributed by atoms with Crippen molar-refractivity contribution < 1.29 is 0 Å². The molecular formula is C20H18N6S. The van der Waals surface area contributed by atoms with E-state index < -0.39 is 0 Å². The summed E-state index contributed by atoms with van der Waals surface area (Å²) >= 11 is 1.60. The Morgan fingerprint density at radius 2 is 1.85 bits per heavy atom. The molecular weight excluding hydrogens is 356 g/mol. The van der Waals surface area contributed by atoms with Gasteiger partial charge in [0.25, 0.3) is 0 Å².